The number of aryl methyl sites for hydroxylation is 1. The maximum atomic E-state index is 11.0. The van der Waals surface area contributed by atoms with Crippen molar-refractivity contribution in [2.45, 2.75) is 26.2 Å². The second-order valence-electron chi connectivity index (χ2n) is 5.02. The number of aliphatic imine (C=N–C) groups is 1. The Bertz CT molecular complexity index is 469. The molecule has 1 atom stereocenters. The van der Waals surface area contributed by atoms with Crippen LogP contribution in [0.5, 0.6) is 0 Å². The molecule has 5 heteroatoms. The Kier molecular flexibility index (Phi) is 7.29. The van der Waals surface area contributed by atoms with Crippen molar-refractivity contribution in [2.24, 2.45) is 4.99 Å². The largest absolute Gasteiger partial charge is 0.469 e. The molecule has 0 aliphatic carbocycles. The standard InChI is InChI=1S/C16H25N3O2/c1-12-5-7-14(8-6-12)13(2)11-19-16(17-3)18-10-9-15(20)21-4/h5-8,13H,9-11H2,1-4H3,(H2,17,18,19). The van der Waals surface area contributed by atoms with Crippen molar-refractivity contribution < 1.29 is 9.53 Å². The van der Waals surface area contributed by atoms with E-state index in [1.54, 1.807) is 7.05 Å². The molecule has 1 aromatic rings. The van der Waals surface area contributed by atoms with Crippen LogP contribution < -0.4 is 10.6 Å². The van der Waals surface area contributed by atoms with E-state index in [-0.39, 0.29) is 5.97 Å². The summed E-state index contributed by atoms with van der Waals surface area (Å²) in [5.74, 6) is 0.841. The van der Waals surface area contributed by atoms with Crippen LogP contribution in [0.1, 0.15) is 30.4 Å². The van der Waals surface area contributed by atoms with Gasteiger partial charge in [-0.05, 0) is 18.4 Å². The van der Waals surface area contributed by atoms with Gasteiger partial charge in [0.1, 0.15) is 0 Å². The van der Waals surface area contributed by atoms with E-state index in [0.717, 1.165) is 6.54 Å². The van der Waals surface area contributed by atoms with Crippen LogP contribution in [0.25, 0.3) is 0 Å². The lowest BCUT2D eigenvalue weighted by atomic mass is 10.0. The summed E-state index contributed by atoms with van der Waals surface area (Å²) in [6.45, 7) is 5.53. The van der Waals surface area contributed by atoms with Gasteiger partial charge in [-0.25, -0.2) is 0 Å². The smallest absolute Gasteiger partial charge is 0.307 e. The van der Waals surface area contributed by atoms with Crippen molar-refractivity contribution in [1.29, 1.82) is 0 Å². The van der Waals surface area contributed by atoms with Crippen LogP contribution in [-0.2, 0) is 9.53 Å². The van der Waals surface area contributed by atoms with Gasteiger partial charge in [-0.1, -0.05) is 36.8 Å². The fraction of sp³-hybridized carbons (Fsp3) is 0.500. The monoisotopic (exact) mass is 291 g/mol. The summed E-state index contributed by atoms with van der Waals surface area (Å²) in [6.07, 6.45) is 0.324. The lowest BCUT2D eigenvalue weighted by Crippen LogP contribution is -2.40. The number of carbonyl (C=O) groups is 1. The Morgan fingerprint density at radius 2 is 1.95 bits per heavy atom. The molecule has 0 spiro atoms. The first kappa shape index (κ1) is 17.0. The first-order valence-corrected chi connectivity index (χ1v) is 7.14. The zero-order valence-corrected chi connectivity index (χ0v) is 13.3. The second kappa shape index (κ2) is 9.00. The molecular formula is C16H25N3O2. The fourth-order valence-corrected chi connectivity index (χ4v) is 1.87. The van der Waals surface area contributed by atoms with E-state index < -0.39 is 0 Å². The van der Waals surface area contributed by atoms with E-state index in [0.29, 0.717) is 24.8 Å². The summed E-state index contributed by atoms with van der Waals surface area (Å²) >= 11 is 0. The number of nitrogens with one attached hydrogen (secondary N) is 2. The van der Waals surface area contributed by atoms with Gasteiger partial charge in [0.15, 0.2) is 5.96 Å². The summed E-state index contributed by atoms with van der Waals surface area (Å²) in [5.41, 5.74) is 2.55. The van der Waals surface area contributed by atoms with E-state index >= 15 is 0 Å². The van der Waals surface area contributed by atoms with Gasteiger partial charge in [-0.15, -0.1) is 0 Å². The molecule has 0 saturated carbocycles. The van der Waals surface area contributed by atoms with Gasteiger partial charge >= 0.3 is 5.97 Å². The summed E-state index contributed by atoms with van der Waals surface area (Å²) < 4.78 is 4.59. The number of methoxy groups -OCH3 is 1. The van der Waals surface area contributed by atoms with Gasteiger partial charge < -0.3 is 15.4 Å². The van der Waals surface area contributed by atoms with Crippen LogP contribution >= 0.6 is 0 Å². The van der Waals surface area contributed by atoms with Crippen LogP contribution in [0.2, 0.25) is 0 Å². The Morgan fingerprint density at radius 1 is 1.29 bits per heavy atom. The average Bonchev–Trinajstić information content (AvgIpc) is 2.50. The third-order valence-electron chi connectivity index (χ3n) is 3.29. The van der Waals surface area contributed by atoms with E-state index in [1.165, 1.54) is 18.2 Å². The summed E-state index contributed by atoms with van der Waals surface area (Å²) in [7, 11) is 3.10. The van der Waals surface area contributed by atoms with Crippen LogP contribution in [0.3, 0.4) is 0 Å². The van der Waals surface area contributed by atoms with Crippen LogP contribution in [-0.4, -0.2) is 39.2 Å². The van der Waals surface area contributed by atoms with E-state index in [1.807, 2.05) is 0 Å². The average molecular weight is 291 g/mol. The molecule has 0 aliphatic heterocycles. The Morgan fingerprint density at radius 3 is 2.52 bits per heavy atom. The maximum Gasteiger partial charge on any atom is 0.307 e. The zero-order valence-electron chi connectivity index (χ0n) is 13.3. The number of rotatable bonds is 6. The Hall–Kier alpha value is -2.04. The normalized spacial score (nSPS) is 12.7. The minimum atomic E-state index is -0.231. The predicted octanol–water partition coefficient (Wildman–Crippen LogP) is 1.83. The lowest BCUT2D eigenvalue weighted by Gasteiger charge is -2.16. The van der Waals surface area contributed by atoms with Crippen LogP contribution in [0.15, 0.2) is 29.3 Å². The van der Waals surface area contributed by atoms with E-state index in [4.69, 9.17) is 0 Å². The van der Waals surface area contributed by atoms with Crippen molar-refractivity contribution in [3.8, 4) is 0 Å². The van der Waals surface area contributed by atoms with Crippen molar-refractivity contribution in [2.75, 3.05) is 27.2 Å². The Balaban J connectivity index is 2.37. The number of benzene rings is 1. The predicted molar refractivity (Wildman–Crippen MR) is 85.6 cm³/mol. The number of carbonyl (C=O) groups excluding carboxylic acids is 1. The highest BCUT2D eigenvalue weighted by molar-refractivity contribution is 5.80. The molecule has 0 aliphatic rings. The number of nitrogens with zero attached hydrogens (tertiary/aromatic N) is 1. The first-order valence-electron chi connectivity index (χ1n) is 7.14. The van der Waals surface area contributed by atoms with Crippen molar-refractivity contribution in [3.05, 3.63) is 35.4 Å². The van der Waals surface area contributed by atoms with Gasteiger partial charge in [0.25, 0.3) is 0 Å². The van der Waals surface area contributed by atoms with Gasteiger partial charge in [-0.2, -0.15) is 0 Å². The van der Waals surface area contributed by atoms with E-state index in [2.05, 4.69) is 58.5 Å². The van der Waals surface area contributed by atoms with Gasteiger partial charge in [0.2, 0.25) is 0 Å². The highest BCUT2D eigenvalue weighted by Crippen LogP contribution is 2.14. The molecule has 116 valence electrons. The van der Waals surface area contributed by atoms with Crippen molar-refractivity contribution in [1.82, 2.24) is 10.6 Å². The molecule has 0 radical (unpaired) electrons. The van der Waals surface area contributed by atoms with Gasteiger partial charge in [0.05, 0.1) is 13.5 Å². The second-order valence-corrected chi connectivity index (χ2v) is 5.02. The highest BCUT2D eigenvalue weighted by atomic mass is 16.5. The molecule has 0 saturated heterocycles. The minimum absolute atomic E-state index is 0.231. The lowest BCUT2D eigenvalue weighted by molar-refractivity contribution is -0.140. The molecule has 0 amide bonds. The number of hydrogen-bond acceptors (Lipinski definition) is 3. The fourth-order valence-electron chi connectivity index (χ4n) is 1.87. The molecule has 0 bridgehead atoms. The summed E-state index contributed by atoms with van der Waals surface area (Å²) in [5, 5.41) is 6.35. The molecule has 0 aromatic heterocycles. The molecule has 0 fully saturated rings. The molecule has 21 heavy (non-hydrogen) atoms. The maximum absolute atomic E-state index is 11.0. The number of hydrogen-bond donors (Lipinski definition) is 2. The van der Waals surface area contributed by atoms with E-state index in [9.17, 15) is 4.79 Å². The molecule has 1 rings (SSSR count). The first-order chi connectivity index (χ1) is 10.1. The molecule has 1 unspecified atom stereocenters. The molecular weight excluding hydrogens is 266 g/mol. The topological polar surface area (TPSA) is 62.7 Å². The SMILES string of the molecule is CN=C(NCCC(=O)OC)NCC(C)c1ccc(C)cc1. The quantitative estimate of drug-likeness (QED) is 0.477. The zero-order chi connectivity index (χ0) is 15.7. The van der Waals surface area contributed by atoms with Crippen molar-refractivity contribution in [3.63, 3.8) is 0 Å². The number of ether oxygens (including phenoxy) is 1. The van der Waals surface area contributed by atoms with Crippen molar-refractivity contribution >= 4 is 11.9 Å². The number of esters is 1. The summed E-state index contributed by atoms with van der Waals surface area (Å²) in [4.78, 5) is 15.2. The third-order valence-corrected chi connectivity index (χ3v) is 3.29. The van der Waals surface area contributed by atoms with Gasteiger partial charge in [0, 0.05) is 20.1 Å². The highest BCUT2D eigenvalue weighted by Gasteiger charge is 2.07. The molecule has 2 N–H and O–H groups in total. The molecule has 1 aromatic carbocycles. The third kappa shape index (κ3) is 6.29. The number of guanidine groups is 1. The van der Waals surface area contributed by atoms with Crippen LogP contribution in [0, 0.1) is 6.92 Å². The Labute approximate surface area is 126 Å². The molecule has 0 heterocycles. The molecule has 5 nitrogen and oxygen atoms in total. The summed E-state index contributed by atoms with van der Waals surface area (Å²) in [6, 6.07) is 8.54. The minimum Gasteiger partial charge on any atom is -0.469 e. The van der Waals surface area contributed by atoms with Gasteiger partial charge in [-0.3, -0.25) is 9.79 Å². The van der Waals surface area contributed by atoms with Crippen LogP contribution in [0.4, 0.5) is 0 Å².